The Morgan fingerprint density at radius 3 is 2.80 bits per heavy atom. The molecule has 0 unspecified atom stereocenters. The van der Waals surface area contributed by atoms with Gasteiger partial charge in [-0.2, -0.15) is 0 Å². The number of hydrogen-bond donors (Lipinski definition) is 2. The van der Waals surface area contributed by atoms with Crippen LogP contribution >= 0.6 is 0 Å². The smallest absolute Gasteiger partial charge is 0.227 e. The standard InChI is InChI=1S/C15H21N3O2/c16-10-4-3-8-14(19)17-12-6-1-2-7-13(12)18-11-5-9-15(18)20/h1-2,6-7H,3-5,8-11,16H2,(H,17,19). The van der Waals surface area contributed by atoms with Gasteiger partial charge in [-0.1, -0.05) is 12.1 Å². The zero-order valence-electron chi connectivity index (χ0n) is 11.6. The number of amides is 2. The van der Waals surface area contributed by atoms with E-state index in [0.717, 1.165) is 31.5 Å². The van der Waals surface area contributed by atoms with Crippen LogP contribution in [0.1, 0.15) is 32.1 Å². The highest BCUT2D eigenvalue weighted by molar-refractivity contribution is 6.02. The van der Waals surface area contributed by atoms with E-state index in [1.54, 1.807) is 4.90 Å². The quantitative estimate of drug-likeness (QED) is 0.778. The van der Waals surface area contributed by atoms with Crippen LogP contribution < -0.4 is 16.0 Å². The monoisotopic (exact) mass is 275 g/mol. The van der Waals surface area contributed by atoms with Crippen molar-refractivity contribution in [2.24, 2.45) is 5.73 Å². The van der Waals surface area contributed by atoms with Crippen LogP contribution in [-0.2, 0) is 9.59 Å². The molecule has 1 saturated heterocycles. The summed E-state index contributed by atoms with van der Waals surface area (Å²) in [6, 6.07) is 7.45. The first-order valence-electron chi connectivity index (χ1n) is 7.11. The summed E-state index contributed by atoms with van der Waals surface area (Å²) in [4.78, 5) is 25.4. The number of anilines is 2. The minimum absolute atomic E-state index is 0.0301. The van der Waals surface area contributed by atoms with Crippen molar-refractivity contribution >= 4 is 23.2 Å². The number of hydrogen-bond acceptors (Lipinski definition) is 3. The second-order valence-electron chi connectivity index (χ2n) is 4.96. The van der Waals surface area contributed by atoms with E-state index >= 15 is 0 Å². The Hall–Kier alpha value is -1.88. The summed E-state index contributed by atoms with van der Waals surface area (Å²) in [5.74, 6) is 0.0902. The van der Waals surface area contributed by atoms with E-state index < -0.39 is 0 Å². The molecule has 0 spiro atoms. The number of nitrogens with zero attached hydrogens (tertiary/aromatic N) is 1. The van der Waals surface area contributed by atoms with E-state index in [4.69, 9.17) is 5.73 Å². The van der Waals surface area contributed by atoms with Gasteiger partial charge in [0.05, 0.1) is 11.4 Å². The van der Waals surface area contributed by atoms with Crippen molar-refractivity contribution in [3.63, 3.8) is 0 Å². The molecule has 5 nitrogen and oxygen atoms in total. The van der Waals surface area contributed by atoms with Gasteiger partial charge in [0.15, 0.2) is 0 Å². The first-order valence-corrected chi connectivity index (χ1v) is 7.11. The third kappa shape index (κ3) is 3.57. The lowest BCUT2D eigenvalue weighted by Crippen LogP contribution is -2.25. The van der Waals surface area contributed by atoms with E-state index in [-0.39, 0.29) is 11.8 Å². The van der Waals surface area contributed by atoms with E-state index in [2.05, 4.69) is 5.32 Å². The fourth-order valence-electron chi connectivity index (χ4n) is 2.36. The number of nitrogens with two attached hydrogens (primary N) is 1. The van der Waals surface area contributed by atoms with E-state index in [1.165, 1.54) is 0 Å². The largest absolute Gasteiger partial charge is 0.330 e. The van der Waals surface area contributed by atoms with Crippen molar-refractivity contribution in [1.82, 2.24) is 0 Å². The molecule has 0 aromatic heterocycles. The fraction of sp³-hybridized carbons (Fsp3) is 0.467. The predicted molar refractivity (Wildman–Crippen MR) is 79.6 cm³/mol. The maximum Gasteiger partial charge on any atom is 0.227 e. The van der Waals surface area contributed by atoms with Gasteiger partial charge in [-0.05, 0) is 37.9 Å². The summed E-state index contributed by atoms with van der Waals surface area (Å²) in [7, 11) is 0. The van der Waals surface area contributed by atoms with Crippen LogP contribution in [0.4, 0.5) is 11.4 Å². The van der Waals surface area contributed by atoms with Gasteiger partial charge in [0.1, 0.15) is 0 Å². The van der Waals surface area contributed by atoms with E-state index in [0.29, 0.717) is 25.1 Å². The van der Waals surface area contributed by atoms with Gasteiger partial charge in [-0.3, -0.25) is 9.59 Å². The zero-order chi connectivity index (χ0) is 14.4. The normalized spacial score (nSPS) is 14.7. The molecular weight excluding hydrogens is 254 g/mol. The highest BCUT2D eigenvalue weighted by Crippen LogP contribution is 2.29. The number of rotatable bonds is 6. The molecule has 1 aromatic rings. The van der Waals surface area contributed by atoms with Crippen molar-refractivity contribution in [2.45, 2.75) is 32.1 Å². The van der Waals surface area contributed by atoms with Gasteiger partial charge in [-0.15, -0.1) is 0 Å². The number of nitrogens with one attached hydrogen (secondary N) is 1. The summed E-state index contributed by atoms with van der Waals surface area (Å²) in [6.45, 7) is 1.32. The molecule has 2 amide bonds. The van der Waals surface area contributed by atoms with Crippen LogP contribution in [0.15, 0.2) is 24.3 Å². The molecule has 1 heterocycles. The third-order valence-corrected chi connectivity index (χ3v) is 3.40. The Bertz CT molecular complexity index is 488. The fourth-order valence-corrected chi connectivity index (χ4v) is 2.36. The van der Waals surface area contributed by atoms with Crippen LogP contribution in [0.25, 0.3) is 0 Å². The topological polar surface area (TPSA) is 75.4 Å². The van der Waals surface area contributed by atoms with Crippen LogP contribution in [-0.4, -0.2) is 24.9 Å². The predicted octanol–water partition coefficient (Wildman–Crippen LogP) is 1.88. The number of para-hydroxylation sites is 2. The Kier molecular flexibility index (Phi) is 5.12. The molecule has 108 valence electrons. The molecule has 1 aromatic carbocycles. The molecule has 3 N–H and O–H groups in total. The molecule has 1 fully saturated rings. The Labute approximate surface area is 119 Å². The van der Waals surface area contributed by atoms with Gasteiger partial charge >= 0.3 is 0 Å². The van der Waals surface area contributed by atoms with Crippen molar-refractivity contribution in [2.75, 3.05) is 23.3 Å². The second-order valence-corrected chi connectivity index (χ2v) is 4.96. The summed E-state index contributed by atoms with van der Waals surface area (Å²) < 4.78 is 0. The lowest BCUT2D eigenvalue weighted by Gasteiger charge is -2.19. The van der Waals surface area contributed by atoms with Crippen LogP contribution in [0.5, 0.6) is 0 Å². The molecule has 5 heteroatoms. The van der Waals surface area contributed by atoms with E-state index in [1.807, 2.05) is 24.3 Å². The molecule has 1 aliphatic heterocycles. The van der Waals surface area contributed by atoms with Gasteiger partial charge in [0.2, 0.25) is 11.8 Å². The SMILES string of the molecule is NCCCCC(=O)Nc1ccccc1N1CCCC1=O. The molecule has 0 saturated carbocycles. The lowest BCUT2D eigenvalue weighted by molar-refractivity contribution is -0.117. The maximum atomic E-state index is 11.9. The molecule has 2 rings (SSSR count). The molecule has 0 atom stereocenters. The average molecular weight is 275 g/mol. The minimum atomic E-state index is -0.0301. The van der Waals surface area contributed by atoms with Gasteiger partial charge < -0.3 is 16.0 Å². The number of carbonyl (C=O) groups is 2. The molecule has 20 heavy (non-hydrogen) atoms. The lowest BCUT2D eigenvalue weighted by atomic mass is 10.2. The van der Waals surface area contributed by atoms with Crippen molar-refractivity contribution in [1.29, 1.82) is 0 Å². The maximum absolute atomic E-state index is 11.9. The van der Waals surface area contributed by atoms with Gasteiger partial charge in [0, 0.05) is 19.4 Å². The third-order valence-electron chi connectivity index (χ3n) is 3.40. The second kappa shape index (κ2) is 7.05. The van der Waals surface area contributed by atoms with Crippen molar-refractivity contribution < 1.29 is 9.59 Å². The van der Waals surface area contributed by atoms with Crippen molar-refractivity contribution in [3.8, 4) is 0 Å². The summed E-state index contributed by atoms with van der Waals surface area (Å²) in [5.41, 5.74) is 6.92. The number of unbranched alkanes of at least 4 members (excludes halogenated alkanes) is 1. The molecule has 1 aliphatic rings. The van der Waals surface area contributed by atoms with E-state index in [9.17, 15) is 9.59 Å². The summed E-state index contributed by atoms with van der Waals surface area (Å²) >= 11 is 0. The highest BCUT2D eigenvalue weighted by atomic mass is 16.2. The minimum Gasteiger partial charge on any atom is -0.330 e. The van der Waals surface area contributed by atoms with Gasteiger partial charge in [-0.25, -0.2) is 0 Å². The molecular formula is C15H21N3O2. The van der Waals surface area contributed by atoms with Gasteiger partial charge in [0.25, 0.3) is 0 Å². The summed E-state index contributed by atoms with van der Waals surface area (Å²) in [6.07, 6.45) is 3.54. The van der Waals surface area contributed by atoms with Crippen LogP contribution in [0.2, 0.25) is 0 Å². The Morgan fingerprint density at radius 1 is 1.30 bits per heavy atom. The number of carbonyl (C=O) groups excluding carboxylic acids is 2. The highest BCUT2D eigenvalue weighted by Gasteiger charge is 2.23. The van der Waals surface area contributed by atoms with Crippen LogP contribution in [0.3, 0.4) is 0 Å². The van der Waals surface area contributed by atoms with Crippen LogP contribution in [0, 0.1) is 0 Å². The number of benzene rings is 1. The Balaban J connectivity index is 2.04. The Morgan fingerprint density at radius 2 is 2.10 bits per heavy atom. The van der Waals surface area contributed by atoms with Crippen molar-refractivity contribution in [3.05, 3.63) is 24.3 Å². The summed E-state index contributed by atoms with van der Waals surface area (Å²) in [5, 5.41) is 2.89. The molecule has 0 bridgehead atoms. The average Bonchev–Trinajstić information content (AvgIpc) is 2.86. The zero-order valence-corrected chi connectivity index (χ0v) is 11.6. The first kappa shape index (κ1) is 14.5. The molecule has 0 radical (unpaired) electrons. The molecule has 0 aliphatic carbocycles. The first-order chi connectivity index (χ1) is 9.72.